The first-order chi connectivity index (χ1) is 20.1. The van der Waals surface area contributed by atoms with E-state index in [1.165, 1.54) is 0 Å². The van der Waals surface area contributed by atoms with E-state index in [0.717, 1.165) is 40.9 Å². The van der Waals surface area contributed by atoms with Gasteiger partial charge in [0.2, 0.25) is 5.95 Å². The molecule has 3 aromatic carbocycles. The molecule has 0 aliphatic carbocycles. The first-order valence-electron chi connectivity index (χ1n) is 13.8. The summed E-state index contributed by atoms with van der Waals surface area (Å²) in [5.41, 5.74) is 5.86. The quantitative estimate of drug-likeness (QED) is 0.294. The summed E-state index contributed by atoms with van der Waals surface area (Å²) in [6.07, 6.45) is 4.26. The number of anilines is 1. The van der Waals surface area contributed by atoms with Crippen LogP contribution in [0.1, 0.15) is 39.9 Å². The van der Waals surface area contributed by atoms with E-state index in [1.54, 1.807) is 24.5 Å². The summed E-state index contributed by atoms with van der Waals surface area (Å²) in [5.74, 6) is 0.581. The second-order valence-corrected chi connectivity index (χ2v) is 10.5. The number of amides is 1. The van der Waals surface area contributed by atoms with Gasteiger partial charge in [0.15, 0.2) is 0 Å². The average Bonchev–Trinajstić information content (AvgIpc) is 3.57. The highest BCUT2D eigenvalue weighted by Gasteiger charge is 2.47. The zero-order chi connectivity index (χ0) is 27.9. The van der Waals surface area contributed by atoms with Crippen molar-refractivity contribution in [3.63, 3.8) is 0 Å². The van der Waals surface area contributed by atoms with E-state index in [2.05, 4.69) is 14.9 Å². The second kappa shape index (κ2) is 10.6. The number of carbonyl (C=O) groups is 1. The first kappa shape index (κ1) is 25.6. The van der Waals surface area contributed by atoms with E-state index in [-0.39, 0.29) is 23.6 Å². The van der Waals surface area contributed by atoms with E-state index in [9.17, 15) is 13.6 Å². The zero-order valence-electron chi connectivity index (χ0n) is 22.2. The molecule has 4 heterocycles. The van der Waals surface area contributed by atoms with Crippen molar-refractivity contribution in [1.82, 2.24) is 14.9 Å². The van der Waals surface area contributed by atoms with E-state index in [4.69, 9.17) is 9.47 Å². The summed E-state index contributed by atoms with van der Waals surface area (Å²) in [5, 5.41) is 0. The zero-order valence-corrected chi connectivity index (χ0v) is 22.2. The summed E-state index contributed by atoms with van der Waals surface area (Å²) in [4.78, 5) is 26.5. The molecular formula is C32H28F2N4O3. The standard InChI is InChI=1S/C32H28F2N4O3/c33-31(34)41-28-9-7-21(20-4-2-1-3-5-20)16-26(28)24-10-11-38-29(24)27-17-22(6-8-25(27)30(38)39)23-18-35-32(36-19-23)37-12-14-40-15-13-37/h1-9,16-19,24,29,31H,10-15H2/t24-,29+/m0/s1. The number of alkyl halides is 2. The van der Waals surface area contributed by atoms with Crippen molar-refractivity contribution in [2.75, 3.05) is 37.7 Å². The van der Waals surface area contributed by atoms with Crippen LogP contribution in [-0.2, 0) is 4.74 Å². The number of aromatic nitrogens is 2. The number of fused-ring (bicyclic) bond motifs is 3. The van der Waals surface area contributed by atoms with Crippen molar-refractivity contribution >= 4 is 11.9 Å². The first-order valence-corrected chi connectivity index (χ1v) is 13.8. The predicted molar refractivity (Wildman–Crippen MR) is 150 cm³/mol. The number of hydrogen-bond acceptors (Lipinski definition) is 6. The van der Waals surface area contributed by atoms with Crippen molar-refractivity contribution in [1.29, 1.82) is 0 Å². The Bertz CT molecular complexity index is 1580. The van der Waals surface area contributed by atoms with Gasteiger partial charge in [-0.05, 0) is 52.9 Å². The van der Waals surface area contributed by atoms with Gasteiger partial charge in [-0.3, -0.25) is 4.79 Å². The van der Waals surface area contributed by atoms with Crippen LogP contribution in [0.5, 0.6) is 5.75 Å². The molecule has 0 radical (unpaired) electrons. The molecule has 7 rings (SSSR count). The summed E-state index contributed by atoms with van der Waals surface area (Å²) in [7, 11) is 0. The van der Waals surface area contributed by atoms with Crippen LogP contribution >= 0.6 is 0 Å². The fraction of sp³-hybridized carbons (Fsp3) is 0.281. The Labute approximate surface area is 236 Å². The maximum absolute atomic E-state index is 13.5. The number of ether oxygens (including phenoxy) is 2. The topological polar surface area (TPSA) is 67.8 Å². The van der Waals surface area contributed by atoms with E-state index < -0.39 is 6.61 Å². The van der Waals surface area contributed by atoms with Crippen LogP contribution in [0.15, 0.2) is 79.1 Å². The van der Waals surface area contributed by atoms with Crippen LogP contribution in [0.4, 0.5) is 14.7 Å². The largest absolute Gasteiger partial charge is 0.435 e. The Morgan fingerprint density at radius 1 is 0.829 bits per heavy atom. The molecule has 2 saturated heterocycles. The van der Waals surface area contributed by atoms with E-state index in [1.807, 2.05) is 59.5 Å². The molecule has 0 bridgehead atoms. The van der Waals surface area contributed by atoms with Gasteiger partial charge in [0.05, 0.1) is 19.3 Å². The molecule has 7 nitrogen and oxygen atoms in total. The number of hydrogen-bond donors (Lipinski definition) is 0. The van der Waals surface area contributed by atoms with Crippen LogP contribution in [0.25, 0.3) is 22.3 Å². The summed E-state index contributed by atoms with van der Waals surface area (Å²) >= 11 is 0. The number of rotatable bonds is 6. The maximum atomic E-state index is 13.5. The van der Waals surface area contributed by atoms with Crippen LogP contribution in [-0.4, -0.2) is 60.2 Å². The predicted octanol–water partition coefficient (Wildman–Crippen LogP) is 5.93. The highest BCUT2D eigenvalue weighted by molar-refractivity contribution is 6.00. The molecule has 0 saturated carbocycles. The highest BCUT2D eigenvalue weighted by atomic mass is 19.3. The third-order valence-corrected chi connectivity index (χ3v) is 8.26. The normalized spacial score (nSPS) is 19.9. The van der Waals surface area contributed by atoms with Gasteiger partial charge in [-0.25, -0.2) is 9.97 Å². The number of nitrogens with zero attached hydrogens (tertiary/aromatic N) is 4. The minimum Gasteiger partial charge on any atom is -0.435 e. The molecule has 0 spiro atoms. The average molecular weight is 555 g/mol. The monoisotopic (exact) mass is 554 g/mol. The van der Waals surface area contributed by atoms with Gasteiger partial charge in [-0.2, -0.15) is 8.78 Å². The minimum atomic E-state index is -2.95. The Morgan fingerprint density at radius 2 is 1.54 bits per heavy atom. The van der Waals surface area contributed by atoms with Crippen LogP contribution < -0.4 is 9.64 Å². The highest BCUT2D eigenvalue weighted by Crippen LogP contribution is 2.52. The van der Waals surface area contributed by atoms with Crippen molar-refractivity contribution < 1.29 is 23.0 Å². The van der Waals surface area contributed by atoms with E-state index in [0.29, 0.717) is 43.3 Å². The lowest BCUT2D eigenvalue weighted by Crippen LogP contribution is -2.37. The third-order valence-electron chi connectivity index (χ3n) is 8.26. The molecule has 4 aromatic rings. The van der Waals surface area contributed by atoms with Crippen molar-refractivity contribution in [2.45, 2.75) is 25.0 Å². The van der Waals surface area contributed by atoms with Gasteiger partial charge in [0.25, 0.3) is 5.91 Å². The van der Waals surface area contributed by atoms with Crippen LogP contribution in [0.3, 0.4) is 0 Å². The third kappa shape index (κ3) is 4.70. The molecule has 1 amide bonds. The van der Waals surface area contributed by atoms with Gasteiger partial charge in [0, 0.05) is 54.6 Å². The Balaban J connectivity index is 1.25. The van der Waals surface area contributed by atoms with Gasteiger partial charge in [-0.1, -0.05) is 42.5 Å². The Kier molecular flexibility index (Phi) is 6.59. The van der Waals surface area contributed by atoms with Gasteiger partial charge in [0.1, 0.15) is 5.75 Å². The molecule has 3 aliphatic heterocycles. The molecule has 3 aliphatic rings. The van der Waals surface area contributed by atoms with Crippen LogP contribution in [0.2, 0.25) is 0 Å². The van der Waals surface area contributed by atoms with Crippen molar-refractivity contribution in [3.8, 4) is 28.0 Å². The molecule has 9 heteroatoms. The van der Waals surface area contributed by atoms with Crippen molar-refractivity contribution in [2.24, 2.45) is 0 Å². The summed E-state index contributed by atoms with van der Waals surface area (Å²) in [6, 6.07) is 20.7. The summed E-state index contributed by atoms with van der Waals surface area (Å²) < 4.78 is 37.3. The van der Waals surface area contributed by atoms with Crippen molar-refractivity contribution in [3.05, 3.63) is 95.8 Å². The van der Waals surface area contributed by atoms with Gasteiger partial charge < -0.3 is 19.3 Å². The number of carbonyl (C=O) groups excluding carboxylic acids is 1. The Morgan fingerprint density at radius 3 is 2.29 bits per heavy atom. The number of benzene rings is 3. The van der Waals surface area contributed by atoms with Crippen LogP contribution in [0, 0.1) is 0 Å². The lowest BCUT2D eigenvalue weighted by atomic mass is 9.84. The fourth-order valence-corrected chi connectivity index (χ4v) is 6.32. The van der Waals surface area contributed by atoms with E-state index >= 15 is 0 Å². The molecule has 208 valence electrons. The molecule has 41 heavy (non-hydrogen) atoms. The molecule has 0 unspecified atom stereocenters. The number of morpholine rings is 1. The molecular weight excluding hydrogens is 526 g/mol. The molecule has 2 fully saturated rings. The Hall–Kier alpha value is -4.37. The number of halogens is 2. The summed E-state index contributed by atoms with van der Waals surface area (Å²) in [6.45, 7) is 0.407. The second-order valence-electron chi connectivity index (χ2n) is 10.5. The fourth-order valence-electron chi connectivity index (χ4n) is 6.32. The smallest absolute Gasteiger partial charge is 0.387 e. The van der Waals surface area contributed by atoms with Gasteiger partial charge in [-0.15, -0.1) is 0 Å². The lowest BCUT2D eigenvalue weighted by molar-refractivity contribution is -0.0507. The maximum Gasteiger partial charge on any atom is 0.387 e. The molecule has 1 aromatic heterocycles. The van der Waals surface area contributed by atoms with Gasteiger partial charge >= 0.3 is 6.61 Å². The molecule has 2 atom stereocenters. The lowest BCUT2D eigenvalue weighted by Gasteiger charge is -2.26. The minimum absolute atomic E-state index is 0.0338. The SMILES string of the molecule is O=C1c2ccc(-c3cnc(N4CCOCC4)nc3)cc2[C@H]2[C@H](c3cc(-c4ccccc4)ccc3OC(F)F)CCN12. The molecule has 0 N–H and O–H groups in total.